The lowest BCUT2D eigenvalue weighted by Gasteiger charge is -2.09. The van der Waals surface area contributed by atoms with Gasteiger partial charge in [0, 0.05) is 13.0 Å². The molecule has 0 spiro atoms. The molecule has 0 unspecified atom stereocenters. The van der Waals surface area contributed by atoms with Crippen molar-refractivity contribution >= 4 is 17.7 Å². The van der Waals surface area contributed by atoms with Crippen molar-refractivity contribution in [2.75, 3.05) is 11.9 Å². The van der Waals surface area contributed by atoms with Crippen molar-refractivity contribution in [2.45, 2.75) is 19.3 Å². The van der Waals surface area contributed by atoms with E-state index in [1.54, 1.807) is 0 Å². The Kier molecular flexibility index (Phi) is 5.91. The minimum atomic E-state index is -1.15. The maximum absolute atomic E-state index is 11.5. The SMILES string of the molecule is C#CCCCCNC(=O)Nc1ccc(C(=O)O)cc1O. The number of nitrogens with one attached hydrogen (secondary N) is 2. The van der Waals surface area contributed by atoms with Crippen LogP contribution in [0.4, 0.5) is 10.5 Å². The zero-order valence-electron chi connectivity index (χ0n) is 10.8. The molecule has 0 saturated carbocycles. The number of benzene rings is 1. The number of phenols is 1. The number of rotatable bonds is 6. The van der Waals surface area contributed by atoms with E-state index in [1.165, 1.54) is 12.1 Å². The van der Waals surface area contributed by atoms with Gasteiger partial charge in [-0.2, -0.15) is 0 Å². The lowest BCUT2D eigenvalue weighted by atomic mass is 10.2. The van der Waals surface area contributed by atoms with Gasteiger partial charge in [-0.05, 0) is 31.0 Å². The van der Waals surface area contributed by atoms with Crippen LogP contribution in [-0.2, 0) is 0 Å². The van der Waals surface area contributed by atoms with Crippen LogP contribution in [0.1, 0.15) is 29.6 Å². The highest BCUT2D eigenvalue weighted by molar-refractivity contribution is 5.93. The van der Waals surface area contributed by atoms with Crippen molar-refractivity contribution in [1.29, 1.82) is 0 Å². The van der Waals surface area contributed by atoms with E-state index in [9.17, 15) is 14.7 Å². The molecule has 0 saturated heterocycles. The molecule has 1 rings (SSSR count). The number of carboxylic acid groups (broad SMARTS) is 1. The van der Waals surface area contributed by atoms with Gasteiger partial charge in [-0.15, -0.1) is 12.3 Å². The molecule has 6 heteroatoms. The normalized spacial score (nSPS) is 9.55. The van der Waals surface area contributed by atoms with Gasteiger partial charge in [0.15, 0.2) is 0 Å². The number of unbranched alkanes of at least 4 members (excludes halogenated alkanes) is 2. The van der Waals surface area contributed by atoms with E-state index < -0.39 is 12.0 Å². The number of aromatic hydroxyl groups is 1. The van der Waals surface area contributed by atoms with E-state index in [2.05, 4.69) is 16.6 Å². The van der Waals surface area contributed by atoms with Crippen LogP contribution in [0, 0.1) is 12.3 Å². The molecule has 0 radical (unpaired) electrons. The predicted molar refractivity (Wildman–Crippen MR) is 74.8 cm³/mol. The molecule has 0 aromatic heterocycles. The minimum absolute atomic E-state index is 0.0530. The van der Waals surface area contributed by atoms with Crippen LogP contribution < -0.4 is 10.6 Å². The van der Waals surface area contributed by atoms with Gasteiger partial charge in [0.05, 0.1) is 11.3 Å². The van der Waals surface area contributed by atoms with Crippen LogP contribution in [0.15, 0.2) is 18.2 Å². The van der Waals surface area contributed by atoms with Crippen molar-refractivity contribution in [2.24, 2.45) is 0 Å². The Morgan fingerprint density at radius 3 is 2.65 bits per heavy atom. The molecule has 4 N–H and O–H groups in total. The summed E-state index contributed by atoms with van der Waals surface area (Å²) < 4.78 is 0. The van der Waals surface area contributed by atoms with Gasteiger partial charge in [-0.3, -0.25) is 0 Å². The van der Waals surface area contributed by atoms with E-state index in [0.717, 1.165) is 18.9 Å². The Hall–Kier alpha value is -2.68. The number of carboxylic acids is 1. The first-order valence-corrected chi connectivity index (χ1v) is 6.09. The quantitative estimate of drug-likeness (QED) is 0.363. The molecule has 6 nitrogen and oxygen atoms in total. The highest BCUT2D eigenvalue weighted by atomic mass is 16.4. The zero-order chi connectivity index (χ0) is 15.0. The summed E-state index contributed by atoms with van der Waals surface area (Å²) in [5, 5.41) is 23.4. The monoisotopic (exact) mass is 276 g/mol. The maximum atomic E-state index is 11.5. The summed E-state index contributed by atoms with van der Waals surface area (Å²) in [4.78, 5) is 22.2. The number of amides is 2. The van der Waals surface area contributed by atoms with Crippen LogP contribution in [0.2, 0.25) is 0 Å². The van der Waals surface area contributed by atoms with Crippen LogP contribution in [0.3, 0.4) is 0 Å². The Morgan fingerprint density at radius 1 is 1.30 bits per heavy atom. The van der Waals surface area contributed by atoms with E-state index in [0.29, 0.717) is 13.0 Å². The summed E-state index contributed by atoms with van der Waals surface area (Å²) in [6.07, 6.45) is 7.37. The number of aromatic carboxylic acids is 1. The molecule has 0 bridgehead atoms. The first-order valence-electron chi connectivity index (χ1n) is 6.09. The summed E-state index contributed by atoms with van der Waals surface area (Å²) in [5.74, 6) is 1.06. The molecule has 2 amide bonds. The van der Waals surface area contributed by atoms with Crippen LogP contribution >= 0.6 is 0 Å². The fraction of sp³-hybridized carbons (Fsp3) is 0.286. The first kappa shape index (κ1) is 15.4. The molecule has 0 fully saturated rings. The van der Waals surface area contributed by atoms with E-state index >= 15 is 0 Å². The number of urea groups is 1. The standard InChI is InChI=1S/C14H16N2O4/c1-2-3-4-5-8-15-14(20)16-11-7-6-10(13(18)19)9-12(11)17/h1,6-7,9,17H,3-5,8H2,(H,18,19)(H2,15,16,20). The fourth-order valence-electron chi connectivity index (χ4n) is 1.49. The largest absolute Gasteiger partial charge is 0.506 e. The molecule has 1 aromatic rings. The van der Waals surface area contributed by atoms with Crippen molar-refractivity contribution in [3.8, 4) is 18.1 Å². The number of hydrogen-bond donors (Lipinski definition) is 4. The van der Waals surface area contributed by atoms with E-state index in [1.807, 2.05) is 0 Å². The molecule has 20 heavy (non-hydrogen) atoms. The molecule has 0 atom stereocenters. The van der Waals surface area contributed by atoms with Crippen LogP contribution in [-0.4, -0.2) is 28.8 Å². The second-order valence-electron chi connectivity index (χ2n) is 4.08. The lowest BCUT2D eigenvalue weighted by molar-refractivity contribution is 0.0696. The number of terminal acetylenes is 1. The second-order valence-corrected chi connectivity index (χ2v) is 4.08. The smallest absolute Gasteiger partial charge is 0.335 e. The Labute approximate surface area is 116 Å². The molecule has 106 valence electrons. The average molecular weight is 276 g/mol. The summed E-state index contributed by atoms with van der Waals surface area (Å²) in [7, 11) is 0. The molecule has 0 aliphatic rings. The summed E-state index contributed by atoms with van der Waals surface area (Å²) >= 11 is 0. The summed E-state index contributed by atoms with van der Waals surface area (Å²) in [6, 6.07) is 3.23. The van der Waals surface area contributed by atoms with Crippen molar-refractivity contribution < 1.29 is 19.8 Å². The molecular formula is C14H16N2O4. The highest BCUT2D eigenvalue weighted by Crippen LogP contribution is 2.24. The summed E-state index contributed by atoms with van der Waals surface area (Å²) in [6.45, 7) is 0.474. The molecule has 0 heterocycles. The van der Waals surface area contributed by atoms with Gasteiger partial charge < -0.3 is 20.8 Å². The molecular weight excluding hydrogens is 260 g/mol. The Balaban J connectivity index is 2.46. The topological polar surface area (TPSA) is 98.7 Å². The van der Waals surface area contributed by atoms with Gasteiger partial charge in [-0.25, -0.2) is 9.59 Å². The van der Waals surface area contributed by atoms with Crippen molar-refractivity contribution in [3.05, 3.63) is 23.8 Å². The van der Waals surface area contributed by atoms with Gasteiger partial charge in [-0.1, -0.05) is 0 Å². The Bertz CT molecular complexity index is 534. The van der Waals surface area contributed by atoms with Gasteiger partial charge in [0.2, 0.25) is 0 Å². The maximum Gasteiger partial charge on any atom is 0.335 e. The summed E-state index contributed by atoms with van der Waals surface area (Å²) in [5.41, 5.74) is 0.0962. The number of carbonyl (C=O) groups excluding carboxylic acids is 1. The minimum Gasteiger partial charge on any atom is -0.506 e. The van der Waals surface area contributed by atoms with Gasteiger partial charge in [0.1, 0.15) is 5.75 Å². The highest BCUT2D eigenvalue weighted by Gasteiger charge is 2.09. The molecule has 1 aromatic carbocycles. The third-order valence-electron chi connectivity index (χ3n) is 2.53. The van der Waals surface area contributed by atoms with Gasteiger partial charge >= 0.3 is 12.0 Å². The zero-order valence-corrected chi connectivity index (χ0v) is 10.8. The molecule has 0 aliphatic heterocycles. The van der Waals surface area contributed by atoms with Gasteiger partial charge in [0.25, 0.3) is 0 Å². The van der Waals surface area contributed by atoms with Crippen LogP contribution in [0.25, 0.3) is 0 Å². The average Bonchev–Trinajstić information content (AvgIpc) is 2.40. The third-order valence-corrected chi connectivity index (χ3v) is 2.53. The van der Waals surface area contributed by atoms with Crippen LogP contribution in [0.5, 0.6) is 5.75 Å². The van der Waals surface area contributed by atoms with Crippen molar-refractivity contribution in [3.63, 3.8) is 0 Å². The second kappa shape index (κ2) is 7.69. The van der Waals surface area contributed by atoms with Crippen molar-refractivity contribution in [1.82, 2.24) is 5.32 Å². The number of carbonyl (C=O) groups is 2. The Morgan fingerprint density at radius 2 is 2.05 bits per heavy atom. The lowest BCUT2D eigenvalue weighted by Crippen LogP contribution is -2.29. The van der Waals surface area contributed by atoms with E-state index in [4.69, 9.17) is 11.5 Å². The predicted octanol–water partition coefficient (Wildman–Crippen LogP) is 2.02. The third kappa shape index (κ3) is 4.90. The number of phenolic OH excluding ortho intramolecular Hbond substituents is 1. The fourth-order valence-corrected chi connectivity index (χ4v) is 1.49. The number of anilines is 1. The van der Waals surface area contributed by atoms with E-state index in [-0.39, 0.29) is 17.0 Å². The molecule has 0 aliphatic carbocycles. The number of hydrogen-bond acceptors (Lipinski definition) is 3. The first-order chi connectivity index (χ1) is 9.54.